The van der Waals surface area contributed by atoms with Gasteiger partial charge in [-0.05, 0) is 75.0 Å². The highest BCUT2D eigenvalue weighted by Gasteiger charge is 2.19. The van der Waals surface area contributed by atoms with Crippen molar-refractivity contribution in [2.75, 3.05) is 19.6 Å². The molecule has 0 unspecified atom stereocenters. The van der Waals surface area contributed by atoms with Crippen LogP contribution >= 0.6 is 11.6 Å². The van der Waals surface area contributed by atoms with Crippen LogP contribution in [-0.2, 0) is 13.1 Å². The van der Waals surface area contributed by atoms with Crippen LogP contribution in [0.4, 0.5) is 4.79 Å². The van der Waals surface area contributed by atoms with Gasteiger partial charge in [-0.1, -0.05) is 42.6 Å². The van der Waals surface area contributed by atoms with Gasteiger partial charge in [0.15, 0.2) is 0 Å². The summed E-state index contributed by atoms with van der Waals surface area (Å²) in [6.45, 7) is 6.57. The third-order valence-electron chi connectivity index (χ3n) is 5.73. The third kappa shape index (κ3) is 7.96. The molecule has 2 aromatic rings. The lowest BCUT2D eigenvalue weighted by Crippen LogP contribution is -2.35. The molecule has 0 saturated carbocycles. The molecule has 30 heavy (non-hydrogen) atoms. The molecule has 0 spiro atoms. The zero-order valence-electron chi connectivity index (χ0n) is 17.9. The predicted octanol–water partition coefficient (Wildman–Crippen LogP) is 4.93. The SMILES string of the molecule is Cc1cccc(CN2CCC(CCCCNC(=O)NCc3ccc(Cl)cc3)CC2)n1. The molecule has 0 atom stereocenters. The monoisotopic (exact) mass is 428 g/mol. The normalized spacial score (nSPS) is 15.1. The van der Waals surface area contributed by atoms with Crippen molar-refractivity contribution in [2.24, 2.45) is 5.92 Å². The van der Waals surface area contributed by atoms with Gasteiger partial charge in [0.2, 0.25) is 0 Å². The Kier molecular flexibility index (Phi) is 8.97. The molecule has 0 radical (unpaired) electrons. The lowest BCUT2D eigenvalue weighted by atomic mass is 9.91. The van der Waals surface area contributed by atoms with Crippen LogP contribution in [-0.4, -0.2) is 35.5 Å². The van der Waals surface area contributed by atoms with Gasteiger partial charge in [0.1, 0.15) is 0 Å². The molecule has 2 N–H and O–H groups in total. The number of nitrogens with zero attached hydrogens (tertiary/aromatic N) is 2. The van der Waals surface area contributed by atoms with Gasteiger partial charge in [-0.25, -0.2) is 4.79 Å². The summed E-state index contributed by atoms with van der Waals surface area (Å²) in [6.07, 6.45) is 5.98. The summed E-state index contributed by atoms with van der Waals surface area (Å²) in [5.41, 5.74) is 3.31. The van der Waals surface area contributed by atoms with Gasteiger partial charge in [0.05, 0.1) is 5.69 Å². The zero-order chi connectivity index (χ0) is 21.2. The summed E-state index contributed by atoms with van der Waals surface area (Å²) in [5, 5.41) is 6.54. The summed E-state index contributed by atoms with van der Waals surface area (Å²) in [4.78, 5) is 19.0. The number of benzene rings is 1. The van der Waals surface area contributed by atoms with Gasteiger partial charge in [0.25, 0.3) is 0 Å². The van der Waals surface area contributed by atoms with Gasteiger partial charge in [-0.15, -0.1) is 0 Å². The second-order valence-corrected chi connectivity index (χ2v) is 8.66. The lowest BCUT2D eigenvalue weighted by Gasteiger charge is -2.31. The Hall–Kier alpha value is -2.11. The number of hydrogen-bond acceptors (Lipinski definition) is 3. The molecule has 1 aliphatic rings. The van der Waals surface area contributed by atoms with Crippen LogP contribution in [0, 0.1) is 12.8 Å². The largest absolute Gasteiger partial charge is 0.338 e. The van der Waals surface area contributed by atoms with E-state index in [0.29, 0.717) is 11.6 Å². The lowest BCUT2D eigenvalue weighted by molar-refractivity contribution is 0.169. The summed E-state index contributed by atoms with van der Waals surface area (Å²) < 4.78 is 0. The summed E-state index contributed by atoms with van der Waals surface area (Å²) in [5.74, 6) is 0.811. The summed E-state index contributed by atoms with van der Waals surface area (Å²) in [6, 6.07) is 13.7. The Bertz CT molecular complexity index is 788. The molecule has 1 saturated heterocycles. The quantitative estimate of drug-likeness (QED) is 0.557. The second-order valence-electron chi connectivity index (χ2n) is 8.22. The number of amides is 2. The van der Waals surface area contributed by atoms with Crippen molar-refractivity contribution in [1.82, 2.24) is 20.5 Å². The van der Waals surface area contributed by atoms with E-state index in [1.165, 1.54) is 31.4 Å². The highest BCUT2D eigenvalue weighted by molar-refractivity contribution is 6.30. The van der Waals surface area contributed by atoms with E-state index in [2.05, 4.69) is 32.7 Å². The first kappa shape index (κ1) is 22.6. The van der Waals surface area contributed by atoms with Crippen molar-refractivity contribution in [3.63, 3.8) is 0 Å². The molecule has 1 fully saturated rings. The number of rotatable bonds is 9. The molecule has 3 rings (SSSR count). The maximum atomic E-state index is 11.9. The number of likely N-dealkylation sites (tertiary alicyclic amines) is 1. The van der Waals surface area contributed by atoms with Crippen LogP contribution in [0.2, 0.25) is 5.02 Å². The van der Waals surface area contributed by atoms with E-state index in [1.807, 2.05) is 37.3 Å². The standard InChI is InChI=1S/C24H33ClN4O/c1-19-5-4-7-23(28-19)18-29-15-12-20(13-16-29)6-2-3-14-26-24(30)27-17-21-8-10-22(25)11-9-21/h4-5,7-11,20H,2-3,6,12-18H2,1H3,(H2,26,27,30). The maximum absolute atomic E-state index is 11.9. The Balaban J connectivity index is 1.21. The average molecular weight is 429 g/mol. The third-order valence-corrected chi connectivity index (χ3v) is 5.98. The van der Waals surface area contributed by atoms with E-state index in [-0.39, 0.29) is 6.03 Å². The van der Waals surface area contributed by atoms with Crippen molar-refractivity contribution in [3.05, 3.63) is 64.4 Å². The number of carbonyl (C=O) groups excluding carboxylic acids is 1. The maximum Gasteiger partial charge on any atom is 0.315 e. The molecule has 0 aliphatic carbocycles. The Labute approximate surface area is 185 Å². The Morgan fingerprint density at radius 1 is 1.10 bits per heavy atom. The van der Waals surface area contributed by atoms with E-state index < -0.39 is 0 Å². The molecule has 1 aliphatic heterocycles. The Morgan fingerprint density at radius 3 is 2.60 bits per heavy atom. The highest BCUT2D eigenvalue weighted by Crippen LogP contribution is 2.23. The van der Waals surface area contributed by atoms with Crippen LogP contribution in [0.15, 0.2) is 42.5 Å². The van der Waals surface area contributed by atoms with Crippen molar-refractivity contribution < 1.29 is 4.79 Å². The fourth-order valence-corrected chi connectivity index (χ4v) is 4.08. The molecule has 162 valence electrons. The smallest absolute Gasteiger partial charge is 0.315 e. The number of aromatic nitrogens is 1. The summed E-state index contributed by atoms with van der Waals surface area (Å²) >= 11 is 5.87. The summed E-state index contributed by atoms with van der Waals surface area (Å²) in [7, 11) is 0. The molecular weight excluding hydrogens is 396 g/mol. The van der Waals surface area contributed by atoms with Crippen LogP contribution < -0.4 is 10.6 Å². The number of halogens is 1. The van der Waals surface area contributed by atoms with Crippen LogP contribution in [0.25, 0.3) is 0 Å². The number of nitrogens with one attached hydrogen (secondary N) is 2. The minimum absolute atomic E-state index is 0.108. The van der Waals surface area contributed by atoms with Gasteiger partial charge < -0.3 is 10.6 Å². The first-order valence-electron chi connectivity index (χ1n) is 11.0. The minimum atomic E-state index is -0.108. The molecule has 2 amide bonds. The van der Waals surface area contributed by atoms with Crippen LogP contribution in [0.1, 0.15) is 49.1 Å². The second kappa shape index (κ2) is 11.9. The number of aryl methyl sites for hydroxylation is 1. The van der Waals surface area contributed by atoms with Gasteiger partial charge >= 0.3 is 6.03 Å². The molecule has 6 heteroatoms. The number of piperidine rings is 1. The molecule has 1 aromatic heterocycles. The van der Waals surface area contributed by atoms with E-state index in [9.17, 15) is 4.79 Å². The number of unbranched alkanes of at least 4 members (excludes halogenated alkanes) is 1. The fourth-order valence-electron chi connectivity index (χ4n) is 3.96. The van der Waals surface area contributed by atoms with E-state index in [0.717, 1.165) is 49.8 Å². The van der Waals surface area contributed by atoms with Gasteiger partial charge in [-0.3, -0.25) is 9.88 Å². The zero-order valence-corrected chi connectivity index (χ0v) is 18.6. The number of carbonyl (C=O) groups is 1. The predicted molar refractivity (Wildman–Crippen MR) is 123 cm³/mol. The van der Waals surface area contributed by atoms with Crippen molar-refractivity contribution in [1.29, 1.82) is 0 Å². The van der Waals surface area contributed by atoms with Gasteiger partial charge in [0, 0.05) is 30.4 Å². The Morgan fingerprint density at radius 2 is 1.87 bits per heavy atom. The minimum Gasteiger partial charge on any atom is -0.338 e. The molecule has 1 aromatic carbocycles. The highest BCUT2D eigenvalue weighted by atomic mass is 35.5. The fraction of sp³-hybridized carbons (Fsp3) is 0.500. The molecular formula is C24H33ClN4O. The first-order chi connectivity index (χ1) is 14.6. The average Bonchev–Trinajstić information content (AvgIpc) is 2.74. The van der Waals surface area contributed by atoms with E-state index in [4.69, 9.17) is 11.6 Å². The molecule has 2 heterocycles. The van der Waals surface area contributed by atoms with Gasteiger partial charge in [-0.2, -0.15) is 0 Å². The number of hydrogen-bond donors (Lipinski definition) is 2. The van der Waals surface area contributed by atoms with Crippen molar-refractivity contribution >= 4 is 17.6 Å². The van der Waals surface area contributed by atoms with E-state index >= 15 is 0 Å². The van der Waals surface area contributed by atoms with Crippen molar-refractivity contribution in [3.8, 4) is 0 Å². The van der Waals surface area contributed by atoms with E-state index in [1.54, 1.807) is 0 Å². The topological polar surface area (TPSA) is 57.3 Å². The van der Waals surface area contributed by atoms with Crippen LogP contribution in [0.5, 0.6) is 0 Å². The first-order valence-corrected chi connectivity index (χ1v) is 11.4. The number of urea groups is 1. The molecule has 5 nitrogen and oxygen atoms in total. The molecule has 0 bridgehead atoms. The van der Waals surface area contributed by atoms with Crippen LogP contribution in [0.3, 0.4) is 0 Å². The number of pyridine rings is 1. The van der Waals surface area contributed by atoms with Crippen molar-refractivity contribution in [2.45, 2.75) is 52.1 Å².